The highest BCUT2D eigenvalue weighted by Gasteiger charge is 2.22. The van der Waals surface area contributed by atoms with Crippen LogP contribution in [0.3, 0.4) is 0 Å². The lowest BCUT2D eigenvalue weighted by Gasteiger charge is -2.14. The van der Waals surface area contributed by atoms with Crippen molar-refractivity contribution >= 4 is 74.9 Å². The minimum Gasteiger partial charge on any atom is -0.277 e. The number of para-hydroxylation sites is 1. The van der Waals surface area contributed by atoms with Crippen LogP contribution < -0.4 is 0 Å². The van der Waals surface area contributed by atoms with Crippen molar-refractivity contribution < 1.29 is 0 Å². The van der Waals surface area contributed by atoms with Gasteiger partial charge in [-0.3, -0.25) is 4.57 Å². The molecule has 0 bridgehead atoms. The number of thiophene rings is 1. The van der Waals surface area contributed by atoms with Crippen LogP contribution >= 0.6 is 11.3 Å². The number of hydrogen-bond donors (Lipinski definition) is 0. The molecule has 0 radical (unpaired) electrons. The fourth-order valence-electron chi connectivity index (χ4n) is 9.57. The van der Waals surface area contributed by atoms with Gasteiger partial charge in [0.15, 0.2) is 11.6 Å². The molecule has 0 saturated heterocycles. The van der Waals surface area contributed by atoms with E-state index in [4.69, 9.17) is 15.0 Å². The first-order valence-corrected chi connectivity index (χ1v) is 22.4. The van der Waals surface area contributed by atoms with Crippen LogP contribution in [0.2, 0.25) is 0 Å². The third kappa shape index (κ3) is 6.01. The van der Waals surface area contributed by atoms with Crippen molar-refractivity contribution in [1.29, 1.82) is 0 Å². The number of benzene rings is 10. The Balaban J connectivity index is 1.09. The second-order valence-corrected chi connectivity index (χ2v) is 17.5. The van der Waals surface area contributed by atoms with Crippen molar-refractivity contribution in [3.05, 3.63) is 218 Å². The summed E-state index contributed by atoms with van der Waals surface area (Å²) in [5.41, 5.74) is 10.7. The fraction of sp³-hybridized carbons (Fsp3) is 0. The quantitative estimate of drug-likeness (QED) is 0.168. The van der Waals surface area contributed by atoms with Gasteiger partial charge in [0.2, 0.25) is 5.95 Å². The minimum absolute atomic E-state index is 0.562. The van der Waals surface area contributed by atoms with Crippen LogP contribution in [-0.2, 0) is 0 Å². The first kappa shape index (κ1) is 36.4. The van der Waals surface area contributed by atoms with Gasteiger partial charge in [0, 0.05) is 47.6 Å². The second kappa shape index (κ2) is 14.7. The van der Waals surface area contributed by atoms with Gasteiger partial charge in [-0.15, -0.1) is 11.3 Å². The van der Waals surface area contributed by atoms with Crippen molar-refractivity contribution in [1.82, 2.24) is 19.5 Å². The van der Waals surface area contributed by atoms with Crippen LogP contribution in [0.15, 0.2) is 218 Å². The van der Waals surface area contributed by atoms with Crippen molar-refractivity contribution in [2.45, 2.75) is 0 Å². The van der Waals surface area contributed by atoms with Gasteiger partial charge in [-0.1, -0.05) is 182 Å². The van der Waals surface area contributed by atoms with E-state index in [1.807, 2.05) is 23.5 Å². The average Bonchev–Trinajstić information content (AvgIpc) is 3.91. The van der Waals surface area contributed by atoms with Crippen LogP contribution in [-0.4, -0.2) is 19.5 Å². The molecule has 10 aromatic carbocycles. The summed E-state index contributed by atoms with van der Waals surface area (Å²) < 4.78 is 4.84. The molecule has 5 heteroatoms. The van der Waals surface area contributed by atoms with Crippen LogP contribution in [0.4, 0.5) is 0 Å². The topological polar surface area (TPSA) is 43.6 Å². The molecule has 3 aromatic heterocycles. The zero-order valence-corrected chi connectivity index (χ0v) is 35.3. The van der Waals surface area contributed by atoms with E-state index in [2.05, 4.69) is 211 Å². The summed E-state index contributed by atoms with van der Waals surface area (Å²) in [6.07, 6.45) is 0. The predicted octanol–water partition coefficient (Wildman–Crippen LogP) is 16.0. The molecule has 0 N–H and O–H groups in total. The van der Waals surface area contributed by atoms with Crippen molar-refractivity contribution in [2.75, 3.05) is 0 Å². The van der Waals surface area contributed by atoms with Crippen molar-refractivity contribution in [2.24, 2.45) is 0 Å². The number of nitrogens with zero attached hydrogens (tertiary/aromatic N) is 4. The number of rotatable bonds is 6. The lowest BCUT2D eigenvalue weighted by atomic mass is 9.99. The average molecular weight is 833 g/mol. The zero-order valence-electron chi connectivity index (χ0n) is 34.5. The lowest BCUT2D eigenvalue weighted by Crippen LogP contribution is -2.07. The van der Waals surface area contributed by atoms with Crippen LogP contribution in [0.1, 0.15) is 0 Å². The Labute approximate surface area is 373 Å². The molecule has 64 heavy (non-hydrogen) atoms. The van der Waals surface area contributed by atoms with Gasteiger partial charge < -0.3 is 0 Å². The van der Waals surface area contributed by atoms with Gasteiger partial charge in [-0.25, -0.2) is 4.98 Å². The number of aromatic nitrogens is 4. The van der Waals surface area contributed by atoms with E-state index in [-0.39, 0.29) is 0 Å². The highest BCUT2D eigenvalue weighted by Crippen LogP contribution is 2.44. The number of fused-ring (bicyclic) bond motifs is 9. The molecule has 0 amide bonds. The normalized spacial score (nSPS) is 11.8. The van der Waals surface area contributed by atoms with Crippen LogP contribution in [0.5, 0.6) is 0 Å². The summed E-state index contributed by atoms with van der Waals surface area (Å²) >= 11 is 1.86. The Kier molecular flexibility index (Phi) is 8.36. The highest BCUT2D eigenvalue weighted by molar-refractivity contribution is 7.26. The third-order valence-corrected chi connectivity index (χ3v) is 13.7. The molecular formula is C59H36N4S. The Hall–Kier alpha value is -8.25. The van der Waals surface area contributed by atoms with E-state index in [0.29, 0.717) is 17.6 Å². The molecule has 0 fully saturated rings. The van der Waals surface area contributed by atoms with Gasteiger partial charge >= 0.3 is 0 Å². The van der Waals surface area contributed by atoms with E-state index in [1.165, 1.54) is 36.3 Å². The molecule has 0 aliphatic carbocycles. The van der Waals surface area contributed by atoms with Crippen LogP contribution in [0.25, 0.3) is 126 Å². The molecule has 0 unspecified atom stereocenters. The Bertz CT molecular complexity index is 3860. The van der Waals surface area contributed by atoms with Gasteiger partial charge in [-0.05, 0) is 85.8 Å². The molecule has 0 atom stereocenters. The molecule has 0 spiro atoms. The van der Waals surface area contributed by atoms with Crippen molar-refractivity contribution in [3.8, 4) is 62.1 Å². The summed E-state index contributed by atoms with van der Waals surface area (Å²) in [6, 6.07) is 78.1. The maximum atomic E-state index is 5.45. The molecule has 4 nitrogen and oxygen atoms in total. The van der Waals surface area contributed by atoms with E-state index in [1.54, 1.807) is 0 Å². The predicted molar refractivity (Wildman–Crippen MR) is 269 cm³/mol. The van der Waals surface area contributed by atoms with Gasteiger partial charge in [0.1, 0.15) is 0 Å². The smallest absolute Gasteiger partial charge is 0.238 e. The summed E-state index contributed by atoms with van der Waals surface area (Å²) in [7, 11) is 0. The maximum absolute atomic E-state index is 5.45. The summed E-state index contributed by atoms with van der Waals surface area (Å²) in [5.74, 6) is 1.78. The fourth-order valence-corrected chi connectivity index (χ4v) is 10.7. The van der Waals surface area contributed by atoms with E-state index in [9.17, 15) is 0 Å². The Morgan fingerprint density at radius 2 is 0.906 bits per heavy atom. The standard InChI is InChI=1S/C59H36N4S/c1-3-14-37(15-4-1)40-21-11-23-45(32-40)57-60-58(46-24-12-22-41(33-46)38-16-5-2-6-17-38)62-59(61-57)63-52-35-43-20-8-7-19-42(43)34-51(52)49-27-13-26-48(56(49)63)44-28-30-50-54(36-44)64-53-31-29-39-18-9-10-25-47(39)55(50)53/h1-36H. The van der Waals surface area contributed by atoms with Crippen LogP contribution in [0, 0.1) is 0 Å². The molecule has 13 rings (SSSR count). The van der Waals surface area contributed by atoms with Gasteiger partial charge in [-0.2, -0.15) is 9.97 Å². The SMILES string of the molecule is c1ccc(-c2cccc(-c3nc(-c4cccc(-c5ccccc5)c4)nc(-n4c5cc6ccccc6cc5c5cccc(-c6ccc7c(c6)sc6ccc8ccccc8c67)c54)n3)c2)cc1. The molecule has 0 aliphatic rings. The highest BCUT2D eigenvalue weighted by atomic mass is 32.1. The first-order valence-electron chi connectivity index (χ1n) is 21.6. The summed E-state index contributed by atoms with van der Waals surface area (Å²) in [4.78, 5) is 16.2. The van der Waals surface area contributed by atoms with E-state index >= 15 is 0 Å². The van der Waals surface area contributed by atoms with E-state index < -0.39 is 0 Å². The Morgan fingerprint density at radius 1 is 0.328 bits per heavy atom. The van der Waals surface area contributed by atoms with Crippen molar-refractivity contribution in [3.63, 3.8) is 0 Å². The summed E-state index contributed by atoms with van der Waals surface area (Å²) in [5, 5.41) is 9.77. The molecular weight excluding hydrogens is 797 g/mol. The molecule has 13 aromatic rings. The van der Waals surface area contributed by atoms with Gasteiger partial charge in [0.05, 0.1) is 11.0 Å². The molecule has 0 saturated carbocycles. The largest absolute Gasteiger partial charge is 0.277 e. The zero-order chi connectivity index (χ0) is 42.1. The lowest BCUT2D eigenvalue weighted by molar-refractivity contribution is 0.954. The molecule has 3 heterocycles. The minimum atomic E-state index is 0.562. The number of hydrogen-bond acceptors (Lipinski definition) is 4. The maximum Gasteiger partial charge on any atom is 0.238 e. The monoisotopic (exact) mass is 832 g/mol. The first-order chi connectivity index (χ1) is 31.7. The van der Waals surface area contributed by atoms with E-state index in [0.717, 1.165) is 71.7 Å². The second-order valence-electron chi connectivity index (χ2n) is 16.4. The third-order valence-electron chi connectivity index (χ3n) is 12.6. The molecule has 298 valence electrons. The Morgan fingerprint density at radius 3 is 1.61 bits per heavy atom. The van der Waals surface area contributed by atoms with Gasteiger partial charge in [0.25, 0.3) is 0 Å². The summed E-state index contributed by atoms with van der Waals surface area (Å²) in [6.45, 7) is 0. The molecule has 0 aliphatic heterocycles.